The summed E-state index contributed by atoms with van der Waals surface area (Å²) in [5, 5.41) is 21.9. The topological polar surface area (TPSA) is 66.8 Å². The Bertz CT molecular complexity index is 720. The van der Waals surface area contributed by atoms with E-state index in [1.54, 1.807) is 0 Å². The van der Waals surface area contributed by atoms with Crippen LogP contribution < -0.4 is 0 Å². The largest absolute Gasteiger partial charge is 0.393 e. The highest BCUT2D eigenvalue weighted by Crippen LogP contribution is 2.70. The van der Waals surface area contributed by atoms with Gasteiger partial charge in [0.15, 0.2) is 5.78 Å². The van der Waals surface area contributed by atoms with Crippen molar-refractivity contribution in [3.8, 4) is 0 Å². The Balaban J connectivity index is 1.40. The fraction of sp³-hybridized carbons (Fsp3) is 0.963. The van der Waals surface area contributed by atoms with E-state index in [4.69, 9.17) is 4.74 Å². The summed E-state index contributed by atoms with van der Waals surface area (Å²) in [5.74, 6) is 3.33. The lowest BCUT2D eigenvalue weighted by molar-refractivity contribution is -0.295. The first-order valence-electron chi connectivity index (χ1n) is 13.2. The van der Waals surface area contributed by atoms with Crippen molar-refractivity contribution in [2.24, 2.45) is 46.3 Å². The third kappa shape index (κ3) is 2.99. The Morgan fingerprint density at radius 1 is 1.06 bits per heavy atom. The van der Waals surface area contributed by atoms with Crippen LogP contribution in [0.2, 0.25) is 0 Å². The predicted molar refractivity (Wildman–Crippen MR) is 120 cm³/mol. The molecule has 6 aliphatic rings. The number of aliphatic hydroxyl groups excluding tert-OH is 1. The van der Waals surface area contributed by atoms with Crippen molar-refractivity contribution in [1.29, 1.82) is 0 Å². The number of Topliss-reactive ketones (excluding diaryl/α,β-unsaturated/α-hetero) is 1. The molecule has 31 heavy (non-hydrogen) atoms. The van der Waals surface area contributed by atoms with Crippen LogP contribution in [0.4, 0.5) is 0 Å². The van der Waals surface area contributed by atoms with E-state index in [9.17, 15) is 15.0 Å². The number of aliphatic hydroxyl groups is 2. The molecule has 0 aromatic rings. The lowest BCUT2D eigenvalue weighted by atomic mass is 9.40. The predicted octanol–water partition coefficient (Wildman–Crippen LogP) is 4.75. The average molecular weight is 433 g/mol. The molecule has 4 nitrogen and oxygen atoms in total. The average Bonchev–Trinajstić information content (AvgIpc) is 3.07. The molecule has 10 atom stereocenters. The maximum atomic E-state index is 13.6. The molecule has 1 spiro atoms. The van der Waals surface area contributed by atoms with Crippen LogP contribution in [0.5, 0.6) is 0 Å². The first-order valence-corrected chi connectivity index (χ1v) is 13.2. The zero-order valence-electron chi connectivity index (χ0n) is 20.1. The van der Waals surface area contributed by atoms with Gasteiger partial charge < -0.3 is 14.9 Å². The molecule has 0 aromatic carbocycles. The van der Waals surface area contributed by atoms with Gasteiger partial charge in [0.2, 0.25) is 0 Å². The highest BCUT2D eigenvalue weighted by molar-refractivity contribution is 5.94. The molecule has 6 rings (SSSR count). The minimum Gasteiger partial charge on any atom is -0.393 e. The monoisotopic (exact) mass is 432 g/mol. The van der Waals surface area contributed by atoms with Gasteiger partial charge in [-0.3, -0.25) is 4.79 Å². The van der Waals surface area contributed by atoms with E-state index in [1.807, 2.05) is 0 Å². The van der Waals surface area contributed by atoms with Crippen molar-refractivity contribution < 1.29 is 19.7 Å². The molecule has 4 heteroatoms. The molecule has 6 fully saturated rings. The Kier molecular flexibility index (Phi) is 5.43. The lowest BCUT2D eigenvalue weighted by Gasteiger charge is -2.68. The van der Waals surface area contributed by atoms with Crippen LogP contribution in [0, 0.1) is 46.3 Å². The SMILES string of the molecule is CC(C)CCC[C@@H](C)[C@H]1CC[C@H]2[C@@H]3[C@H]4OC[C@@]5(CC[C@@H](O)C[C@]5(O)C4=O)[C@H]3CC[C@]12C. The van der Waals surface area contributed by atoms with Gasteiger partial charge in [0.1, 0.15) is 11.7 Å². The molecule has 0 radical (unpaired) electrons. The van der Waals surface area contributed by atoms with Crippen LogP contribution in [0.25, 0.3) is 0 Å². The third-order valence-corrected chi connectivity index (χ3v) is 11.1. The van der Waals surface area contributed by atoms with E-state index in [1.165, 1.54) is 38.5 Å². The van der Waals surface area contributed by atoms with Gasteiger partial charge in [-0.2, -0.15) is 0 Å². The Hall–Kier alpha value is -0.450. The van der Waals surface area contributed by atoms with Crippen LogP contribution in [-0.2, 0) is 9.53 Å². The fourth-order valence-corrected chi connectivity index (χ4v) is 9.54. The van der Waals surface area contributed by atoms with Gasteiger partial charge in [0.05, 0.1) is 12.7 Å². The first-order chi connectivity index (χ1) is 14.6. The molecule has 4 aliphatic carbocycles. The highest BCUT2D eigenvalue weighted by Gasteiger charge is 2.75. The summed E-state index contributed by atoms with van der Waals surface area (Å²) >= 11 is 0. The fourth-order valence-electron chi connectivity index (χ4n) is 9.54. The summed E-state index contributed by atoms with van der Waals surface area (Å²) in [7, 11) is 0. The summed E-state index contributed by atoms with van der Waals surface area (Å²) in [6, 6.07) is 0. The summed E-state index contributed by atoms with van der Waals surface area (Å²) in [6.07, 6.45) is 9.39. The minimum atomic E-state index is -1.37. The molecule has 2 aliphatic heterocycles. The second-order valence-corrected chi connectivity index (χ2v) is 12.8. The van der Waals surface area contributed by atoms with E-state index in [0.29, 0.717) is 30.3 Å². The summed E-state index contributed by atoms with van der Waals surface area (Å²) in [5.41, 5.74) is -1.54. The Morgan fingerprint density at radius 3 is 2.58 bits per heavy atom. The Morgan fingerprint density at radius 2 is 1.84 bits per heavy atom. The van der Waals surface area contributed by atoms with Crippen molar-refractivity contribution in [2.45, 2.75) is 110 Å². The van der Waals surface area contributed by atoms with Crippen LogP contribution in [0.1, 0.15) is 91.9 Å². The maximum Gasteiger partial charge on any atom is 0.194 e. The van der Waals surface area contributed by atoms with Gasteiger partial charge in [-0.05, 0) is 79.4 Å². The van der Waals surface area contributed by atoms with Crippen molar-refractivity contribution in [2.75, 3.05) is 6.61 Å². The van der Waals surface area contributed by atoms with Crippen LogP contribution in [0.15, 0.2) is 0 Å². The number of ketones is 1. The van der Waals surface area contributed by atoms with Crippen molar-refractivity contribution in [1.82, 2.24) is 0 Å². The van der Waals surface area contributed by atoms with Crippen LogP contribution in [0.3, 0.4) is 0 Å². The van der Waals surface area contributed by atoms with E-state index < -0.39 is 23.2 Å². The van der Waals surface area contributed by atoms with Crippen molar-refractivity contribution >= 4 is 5.78 Å². The molecule has 2 saturated heterocycles. The van der Waals surface area contributed by atoms with E-state index >= 15 is 0 Å². The number of carbonyl (C=O) groups is 1. The molecule has 0 amide bonds. The van der Waals surface area contributed by atoms with Gasteiger partial charge in [0.25, 0.3) is 0 Å². The zero-order chi connectivity index (χ0) is 22.2. The quantitative estimate of drug-likeness (QED) is 0.658. The number of hydrogen-bond acceptors (Lipinski definition) is 4. The molecule has 0 unspecified atom stereocenters. The lowest BCUT2D eigenvalue weighted by Crippen LogP contribution is -2.77. The standard InChI is InChI=1S/C27H44O4/c1-16(2)6-5-7-17(3)19-8-9-20-22-21(11-12-25(19,20)4)26-13-10-18(28)14-27(26,30)24(29)23(22)31-15-26/h16-23,28,30H,5-15H2,1-4H3/t17-,18-,19-,20+,21+,22+,23-,25-,26+,27+/m1/s1. The second-order valence-electron chi connectivity index (χ2n) is 12.8. The minimum absolute atomic E-state index is 0.101. The summed E-state index contributed by atoms with van der Waals surface area (Å²) in [4.78, 5) is 13.6. The van der Waals surface area contributed by atoms with E-state index in [2.05, 4.69) is 27.7 Å². The van der Waals surface area contributed by atoms with Gasteiger partial charge in [-0.25, -0.2) is 0 Å². The number of hydrogen-bond donors (Lipinski definition) is 2. The van der Waals surface area contributed by atoms with Crippen molar-refractivity contribution in [3.63, 3.8) is 0 Å². The van der Waals surface area contributed by atoms with Gasteiger partial charge in [-0.1, -0.05) is 47.0 Å². The zero-order valence-corrected chi connectivity index (χ0v) is 20.1. The number of ether oxygens (including phenoxy) is 1. The molecule has 176 valence electrons. The maximum absolute atomic E-state index is 13.6. The molecule has 2 heterocycles. The van der Waals surface area contributed by atoms with Gasteiger partial charge in [0, 0.05) is 11.8 Å². The van der Waals surface area contributed by atoms with E-state index in [0.717, 1.165) is 30.6 Å². The highest BCUT2D eigenvalue weighted by atomic mass is 16.5. The number of fused-ring (bicyclic) bond motifs is 2. The van der Waals surface area contributed by atoms with E-state index in [-0.39, 0.29) is 18.1 Å². The summed E-state index contributed by atoms with van der Waals surface area (Å²) in [6.45, 7) is 10.1. The van der Waals surface area contributed by atoms with Crippen LogP contribution in [-0.4, -0.2) is 40.4 Å². The Labute approximate surface area is 188 Å². The summed E-state index contributed by atoms with van der Waals surface area (Å²) < 4.78 is 6.27. The molecule has 2 bridgehead atoms. The normalized spacial score (nSPS) is 52.0. The number of carbonyl (C=O) groups excluding carboxylic acids is 1. The smallest absolute Gasteiger partial charge is 0.194 e. The first kappa shape index (κ1) is 22.3. The van der Waals surface area contributed by atoms with Crippen molar-refractivity contribution in [3.05, 3.63) is 0 Å². The molecular weight excluding hydrogens is 388 g/mol. The molecule has 2 N–H and O–H groups in total. The molecule has 4 saturated carbocycles. The van der Waals surface area contributed by atoms with Gasteiger partial charge >= 0.3 is 0 Å². The van der Waals surface area contributed by atoms with Gasteiger partial charge in [-0.15, -0.1) is 0 Å². The number of rotatable bonds is 5. The molecular formula is C27H44O4. The van der Waals surface area contributed by atoms with Crippen LogP contribution >= 0.6 is 0 Å². The third-order valence-electron chi connectivity index (χ3n) is 11.1. The second kappa shape index (κ2) is 7.53. The molecule has 0 aromatic heterocycles.